The highest BCUT2D eigenvalue weighted by Gasteiger charge is 2.29. The van der Waals surface area contributed by atoms with Crippen molar-refractivity contribution in [1.82, 2.24) is 10.2 Å². The number of ether oxygens (including phenoxy) is 2. The number of carbonyl (C=O) groups excluding carboxylic acids is 2. The minimum absolute atomic E-state index is 0.0274. The number of hydrogen-bond acceptors (Lipinski definition) is 4. The van der Waals surface area contributed by atoms with Crippen LogP contribution in [0.3, 0.4) is 0 Å². The topological polar surface area (TPSA) is 67.9 Å². The third kappa shape index (κ3) is 5.74. The highest BCUT2D eigenvalue weighted by Crippen LogP contribution is 2.13. The van der Waals surface area contributed by atoms with Gasteiger partial charge in [0.25, 0.3) is 0 Å². The maximum Gasteiger partial charge on any atom is 0.245 e. The van der Waals surface area contributed by atoms with E-state index in [9.17, 15) is 9.59 Å². The van der Waals surface area contributed by atoms with E-state index in [0.29, 0.717) is 32.9 Å². The summed E-state index contributed by atoms with van der Waals surface area (Å²) in [4.78, 5) is 26.8. The maximum atomic E-state index is 12.7. The van der Waals surface area contributed by atoms with Crippen LogP contribution in [-0.2, 0) is 20.7 Å². The van der Waals surface area contributed by atoms with Gasteiger partial charge in [-0.3, -0.25) is 9.59 Å². The van der Waals surface area contributed by atoms with Gasteiger partial charge in [-0.05, 0) is 30.5 Å². The number of nitrogens with one attached hydrogen (secondary N) is 1. The second-order valence-electron chi connectivity index (χ2n) is 6.48. The van der Waals surface area contributed by atoms with Crippen molar-refractivity contribution in [3.05, 3.63) is 29.8 Å². The molecule has 0 radical (unpaired) electrons. The van der Waals surface area contributed by atoms with Crippen LogP contribution in [0.1, 0.15) is 26.3 Å². The van der Waals surface area contributed by atoms with Crippen LogP contribution in [0.5, 0.6) is 5.75 Å². The maximum absolute atomic E-state index is 12.7. The molecule has 1 aromatic rings. The quantitative estimate of drug-likeness (QED) is 0.813. The van der Waals surface area contributed by atoms with E-state index in [-0.39, 0.29) is 24.2 Å². The molecule has 1 heterocycles. The number of nitrogens with zero attached hydrogens (tertiary/aromatic N) is 1. The Morgan fingerprint density at radius 3 is 2.40 bits per heavy atom. The number of morpholine rings is 1. The predicted molar refractivity (Wildman–Crippen MR) is 95.5 cm³/mol. The fourth-order valence-electron chi connectivity index (χ4n) is 2.77. The van der Waals surface area contributed by atoms with Crippen molar-refractivity contribution in [2.75, 3.05) is 32.9 Å². The van der Waals surface area contributed by atoms with Crippen LogP contribution in [0.25, 0.3) is 0 Å². The lowest BCUT2D eigenvalue weighted by atomic mass is 10.0. The molecule has 25 heavy (non-hydrogen) atoms. The summed E-state index contributed by atoms with van der Waals surface area (Å²) in [6.07, 6.45) is 0.242. The molecule has 6 heteroatoms. The molecule has 1 saturated heterocycles. The van der Waals surface area contributed by atoms with Crippen molar-refractivity contribution >= 4 is 11.8 Å². The van der Waals surface area contributed by atoms with Crippen LogP contribution in [0.2, 0.25) is 0 Å². The lowest BCUT2D eigenvalue weighted by molar-refractivity contribution is -0.141. The van der Waals surface area contributed by atoms with Gasteiger partial charge in [0.2, 0.25) is 11.8 Å². The average molecular weight is 348 g/mol. The van der Waals surface area contributed by atoms with Gasteiger partial charge in [0.15, 0.2) is 0 Å². The molecule has 138 valence electrons. The Hall–Kier alpha value is -2.08. The Labute approximate surface area is 149 Å². The van der Waals surface area contributed by atoms with Crippen LogP contribution < -0.4 is 10.1 Å². The summed E-state index contributed by atoms with van der Waals surface area (Å²) in [6, 6.07) is 6.95. The van der Waals surface area contributed by atoms with Crippen molar-refractivity contribution in [3.8, 4) is 5.75 Å². The summed E-state index contributed by atoms with van der Waals surface area (Å²) in [6.45, 7) is 8.69. The molecule has 1 aliphatic rings. The molecule has 1 N–H and O–H groups in total. The van der Waals surface area contributed by atoms with Crippen molar-refractivity contribution in [1.29, 1.82) is 0 Å². The molecular formula is C19H28N2O4. The van der Waals surface area contributed by atoms with E-state index in [4.69, 9.17) is 9.47 Å². The monoisotopic (exact) mass is 348 g/mol. The molecule has 0 aromatic heterocycles. The van der Waals surface area contributed by atoms with E-state index < -0.39 is 6.04 Å². The highest BCUT2D eigenvalue weighted by molar-refractivity contribution is 5.88. The van der Waals surface area contributed by atoms with Gasteiger partial charge in [0.1, 0.15) is 11.8 Å². The lowest BCUT2D eigenvalue weighted by Crippen LogP contribution is -2.54. The van der Waals surface area contributed by atoms with E-state index in [1.165, 1.54) is 0 Å². The first-order valence-electron chi connectivity index (χ1n) is 8.89. The largest absolute Gasteiger partial charge is 0.494 e. The Morgan fingerprint density at radius 1 is 1.20 bits per heavy atom. The fourth-order valence-corrected chi connectivity index (χ4v) is 2.77. The van der Waals surface area contributed by atoms with Crippen molar-refractivity contribution < 1.29 is 19.1 Å². The highest BCUT2D eigenvalue weighted by atomic mass is 16.5. The van der Waals surface area contributed by atoms with Crippen LogP contribution in [-0.4, -0.2) is 55.7 Å². The number of benzene rings is 1. The fraction of sp³-hybridized carbons (Fsp3) is 0.579. The van der Waals surface area contributed by atoms with Gasteiger partial charge in [-0.1, -0.05) is 26.0 Å². The second-order valence-corrected chi connectivity index (χ2v) is 6.48. The number of rotatable bonds is 7. The molecule has 0 spiro atoms. The third-order valence-corrected chi connectivity index (χ3v) is 4.17. The summed E-state index contributed by atoms with van der Waals surface area (Å²) in [5, 5.41) is 2.90. The van der Waals surface area contributed by atoms with Crippen LogP contribution >= 0.6 is 0 Å². The summed E-state index contributed by atoms with van der Waals surface area (Å²) in [5.41, 5.74) is 0.891. The third-order valence-electron chi connectivity index (χ3n) is 4.17. The Bertz CT molecular complexity index is 565. The molecule has 1 fully saturated rings. The second kappa shape index (κ2) is 9.42. The Balaban J connectivity index is 1.93. The molecule has 0 saturated carbocycles. The van der Waals surface area contributed by atoms with E-state index in [2.05, 4.69) is 5.32 Å². The van der Waals surface area contributed by atoms with Gasteiger partial charge in [-0.15, -0.1) is 0 Å². The van der Waals surface area contributed by atoms with E-state index >= 15 is 0 Å². The minimum atomic E-state index is -0.506. The first kappa shape index (κ1) is 19.2. The molecule has 0 unspecified atom stereocenters. The van der Waals surface area contributed by atoms with Crippen LogP contribution in [0, 0.1) is 5.92 Å². The smallest absolute Gasteiger partial charge is 0.245 e. The first-order chi connectivity index (χ1) is 12.0. The number of hydrogen-bond donors (Lipinski definition) is 1. The molecule has 2 rings (SSSR count). The first-order valence-corrected chi connectivity index (χ1v) is 8.89. The van der Waals surface area contributed by atoms with Crippen LogP contribution in [0.15, 0.2) is 24.3 Å². The van der Waals surface area contributed by atoms with Gasteiger partial charge in [0, 0.05) is 13.1 Å². The van der Waals surface area contributed by atoms with Gasteiger partial charge >= 0.3 is 0 Å². The van der Waals surface area contributed by atoms with E-state index in [1.807, 2.05) is 45.0 Å². The zero-order valence-electron chi connectivity index (χ0n) is 15.3. The molecule has 0 bridgehead atoms. The average Bonchev–Trinajstić information content (AvgIpc) is 2.61. The molecule has 2 amide bonds. The molecule has 1 aromatic carbocycles. The Kier molecular flexibility index (Phi) is 7.25. The zero-order valence-corrected chi connectivity index (χ0v) is 15.3. The summed E-state index contributed by atoms with van der Waals surface area (Å²) in [7, 11) is 0. The predicted octanol–water partition coefficient (Wildman–Crippen LogP) is 1.63. The number of carbonyl (C=O) groups is 2. The SMILES string of the molecule is CCOc1ccc(CC(=O)N[C@@H](C(=O)N2CCOCC2)C(C)C)cc1. The molecule has 1 aliphatic heterocycles. The Morgan fingerprint density at radius 2 is 1.84 bits per heavy atom. The molecule has 1 atom stereocenters. The molecular weight excluding hydrogens is 320 g/mol. The summed E-state index contributed by atoms with van der Waals surface area (Å²) in [5.74, 6) is 0.636. The van der Waals surface area contributed by atoms with Crippen LogP contribution in [0.4, 0.5) is 0 Å². The van der Waals surface area contributed by atoms with Gasteiger partial charge in [-0.2, -0.15) is 0 Å². The van der Waals surface area contributed by atoms with Crippen molar-refractivity contribution in [2.45, 2.75) is 33.2 Å². The van der Waals surface area contributed by atoms with Crippen molar-refractivity contribution in [3.63, 3.8) is 0 Å². The van der Waals surface area contributed by atoms with E-state index in [0.717, 1.165) is 11.3 Å². The van der Waals surface area contributed by atoms with Gasteiger partial charge < -0.3 is 19.7 Å². The van der Waals surface area contributed by atoms with Gasteiger partial charge in [-0.25, -0.2) is 0 Å². The minimum Gasteiger partial charge on any atom is -0.494 e. The standard InChI is InChI=1S/C19H28N2O4/c1-4-25-16-7-5-15(6-8-16)13-17(22)20-18(14(2)3)19(23)21-9-11-24-12-10-21/h5-8,14,18H,4,9-13H2,1-3H3,(H,20,22)/t18-/m1/s1. The zero-order chi connectivity index (χ0) is 18.2. The molecule has 6 nitrogen and oxygen atoms in total. The molecule has 0 aliphatic carbocycles. The summed E-state index contributed by atoms with van der Waals surface area (Å²) >= 11 is 0. The number of amides is 2. The normalized spacial score (nSPS) is 15.8. The van der Waals surface area contributed by atoms with Gasteiger partial charge in [0.05, 0.1) is 26.2 Å². The van der Waals surface area contributed by atoms with Crippen molar-refractivity contribution in [2.24, 2.45) is 5.92 Å². The lowest BCUT2D eigenvalue weighted by Gasteiger charge is -2.32. The summed E-state index contributed by atoms with van der Waals surface area (Å²) < 4.78 is 10.7. The van der Waals surface area contributed by atoms with E-state index in [1.54, 1.807) is 4.90 Å².